The molecule has 0 fully saturated rings. The molecule has 0 atom stereocenters. The van der Waals surface area contributed by atoms with Crippen LogP contribution < -0.4 is 9.64 Å². The van der Waals surface area contributed by atoms with Gasteiger partial charge >= 0.3 is 0 Å². The van der Waals surface area contributed by atoms with Crippen molar-refractivity contribution in [3.05, 3.63) is 23.8 Å². The molecule has 15 heavy (non-hydrogen) atoms. The van der Waals surface area contributed by atoms with E-state index in [0.717, 1.165) is 37.2 Å². The van der Waals surface area contributed by atoms with E-state index in [0.29, 0.717) is 0 Å². The summed E-state index contributed by atoms with van der Waals surface area (Å²) in [5.41, 5.74) is 2.62. The van der Waals surface area contributed by atoms with Crippen LogP contribution in [-0.2, 0) is 6.42 Å². The number of fused-ring (bicyclic) bond motifs is 1. The Morgan fingerprint density at radius 3 is 3.07 bits per heavy atom. The maximum atomic E-state index is 5.64. The number of rotatable bonds is 3. The second-order valence-corrected chi connectivity index (χ2v) is 4.47. The second kappa shape index (κ2) is 4.88. The first kappa shape index (κ1) is 10.8. The van der Waals surface area contributed by atoms with Crippen LogP contribution in [0.15, 0.2) is 18.2 Å². The van der Waals surface area contributed by atoms with E-state index in [1.54, 1.807) is 0 Å². The van der Waals surface area contributed by atoms with Gasteiger partial charge in [0.1, 0.15) is 12.4 Å². The Hall–Kier alpha value is -0.700. The van der Waals surface area contributed by atoms with E-state index >= 15 is 0 Å². The topological polar surface area (TPSA) is 12.5 Å². The molecular formula is C12H16BrNO. The number of ether oxygens (including phenoxy) is 1. The maximum Gasteiger partial charge on any atom is 0.142 e. The maximum absolute atomic E-state index is 5.64. The van der Waals surface area contributed by atoms with E-state index < -0.39 is 0 Å². The van der Waals surface area contributed by atoms with Gasteiger partial charge in [0.2, 0.25) is 0 Å². The molecule has 1 heterocycles. The first-order chi connectivity index (χ1) is 7.35. The number of halogens is 1. The number of hydrogen-bond donors (Lipinski definition) is 0. The quantitative estimate of drug-likeness (QED) is 0.783. The number of alkyl halides is 1. The van der Waals surface area contributed by atoms with Crippen LogP contribution in [0.5, 0.6) is 5.75 Å². The third-order valence-electron chi connectivity index (χ3n) is 2.75. The summed E-state index contributed by atoms with van der Waals surface area (Å²) in [6.07, 6.45) is 1.08. The Kier molecular flexibility index (Phi) is 3.52. The van der Waals surface area contributed by atoms with Gasteiger partial charge in [-0.2, -0.15) is 0 Å². The highest BCUT2D eigenvalue weighted by atomic mass is 79.9. The highest BCUT2D eigenvalue weighted by molar-refractivity contribution is 9.09. The Labute approximate surface area is 99.4 Å². The molecule has 0 bridgehead atoms. The molecule has 1 aliphatic heterocycles. The molecule has 0 aliphatic carbocycles. The van der Waals surface area contributed by atoms with Gasteiger partial charge in [-0.15, -0.1) is 0 Å². The lowest BCUT2D eigenvalue weighted by Crippen LogP contribution is -2.34. The van der Waals surface area contributed by atoms with Crippen LogP contribution in [0.2, 0.25) is 0 Å². The lowest BCUT2D eigenvalue weighted by atomic mass is 10.1. The monoisotopic (exact) mass is 269 g/mol. The molecular weight excluding hydrogens is 254 g/mol. The van der Waals surface area contributed by atoms with Gasteiger partial charge in [0, 0.05) is 11.9 Å². The first-order valence-corrected chi connectivity index (χ1v) is 6.54. The van der Waals surface area contributed by atoms with Crippen molar-refractivity contribution in [3.63, 3.8) is 0 Å². The molecule has 0 saturated carbocycles. The summed E-state index contributed by atoms with van der Waals surface area (Å²) in [5.74, 6) is 1.03. The molecule has 2 rings (SSSR count). The zero-order chi connectivity index (χ0) is 10.7. The van der Waals surface area contributed by atoms with Crippen LogP contribution in [0.4, 0.5) is 5.69 Å². The minimum Gasteiger partial charge on any atom is -0.490 e. The van der Waals surface area contributed by atoms with Gasteiger partial charge in [-0.25, -0.2) is 0 Å². The van der Waals surface area contributed by atoms with Crippen molar-refractivity contribution in [2.24, 2.45) is 0 Å². The van der Waals surface area contributed by atoms with Crippen LogP contribution in [-0.4, -0.2) is 25.0 Å². The molecule has 0 radical (unpaired) electrons. The minimum atomic E-state index is 0.797. The van der Waals surface area contributed by atoms with Crippen molar-refractivity contribution < 1.29 is 4.74 Å². The van der Waals surface area contributed by atoms with Crippen molar-refractivity contribution in [1.29, 1.82) is 0 Å². The van der Waals surface area contributed by atoms with Gasteiger partial charge in [0.25, 0.3) is 0 Å². The van der Waals surface area contributed by atoms with Crippen molar-refractivity contribution in [3.8, 4) is 5.75 Å². The van der Waals surface area contributed by atoms with E-state index in [1.807, 2.05) is 0 Å². The third-order valence-corrected chi connectivity index (χ3v) is 3.10. The Morgan fingerprint density at radius 2 is 2.33 bits per heavy atom. The molecule has 0 aromatic heterocycles. The molecule has 82 valence electrons. The standard InChI is InChI=1S/C12H16BrNO/c1-2-10-3-4-12-11(9-10)14(6-5-13)7-8-15-12/h3-4,9H,2,5-8H2,1H3. The summed E-state index contributed by atoms with van der Waals surface area (Å²) in [6.45, 7) is 5.01. The summed E-state index contributed by atoms with van der Waals surface area (Å²) in [5, 5.41) is 1.00. The highest BCUT2D eigenvalue weighted by Gasteiger charge is 2.17. The summed E-state index contributed by atoms with van der Waals surface area (Å²) in [7, 11) is 0. The number of nitrogens with zero attached hydrogens (tertiary/aromatic N) is 1. The van der Waals surface area contributed by atoms with Gasteiger partial charge in [0.15, 0.2) is 0 Å². The zero-order valence-corrected chi connectivity index (χ0v) is 10.6. The lowest BCUT2D eigenvalue weighted by molar-refractivity contribution is 0.308. The fourth-order valence-electron chi connectivity index (χ4n) is 1.87. The minimum absolute atomic E-state index is 0.797. The van der Waals surface area contributed by atoms with Gasteiger partial charge in [-0.05, 0) is 24.1 Å². The van der Waals surface area contributed by atoms with E-state index in [2.05, 4.69) is 46.0 Å². The summed E-state index contributed by atoms with van der Waals surface area (Å²) < 4.78 is 5.64. The summed E-state index contributed by atoms with van der Waals surface area (Å²) in [6, 6.07) is 6.49. The van der Waals surface area contributed by atoms with Crippen molar-refractivity contribution in [1.82, 2.24) is 0 Å². The zero-order valence-electron chi connectivity index (χ0n) is 9.00. The van der Waals surface area contributed by atoms with Crippen LogP contribution in [0, 0.1) is 0 Å². The normalized spacial score (nSPS) is 14.7. The predicted octanol–water partition coefficient (Wildman–Crippen LogP) is 2.84. The van der Waals surface area contributed by atoms with Gasteiger partial charge < -0.3 is 9.64 Å². The molecule has 1 aromatic carbocycles. The lowest BCUT2D eigenvalue weighted by Gasteiger charge is -2.31. The largest absolute Gasteiger partial charge is 0.490 e. The fraction of sp³-hybridized carbons (Fsp3) is 0.500. The van der Waals surface area contributed by atoms with Crippen LogP contribution in [0.25, 0.3) is 0 Å². The predicted molar refractivity (Wildman–Crippen MR) is 67.3 cm³/mol. The molecule has 0 spiro atoms. The molecule has 1 aromatic rings. The van der Waals surface area contributed by atoms with Gasteiger partial charge in [0.05, 0.1) is 12.2 Å². The van der Waals surface area contributed by atoms with Crippen molar-refractivity contribution in [2.75, 3.05) is 29.9 Å². The van der Waals surface area contributed by atoms with E-state index in [9.17, 15) is 0 Å². The average Bonchev–Trinajstić information content (AvgIpc) is 2.29. The third kappa shape index (κ3) is 2.28. The molecule has 0 saturated heterocycles. The first-order valence-electron chi connectivity index (χ1n) is 5.41. The van der Waals surface area contributed by atoms with E-state index in [-0.39, 0.29) is 0 Å². The Bertz CT molecular complexity index is 340. The molecule has 1 aliphatic rings. The van der Waals surface area contributed by atoms with E-state index in [4.69, 9.17) is 4.74 Å². The molecule has 0 amide bonds. The smallest absolute Gasteiger partial charge is 0.142 e. The van der Waals surface area contributed by atoms with Crippen LogP contribution in [0.1, 0.15) is 12.5 Å². The van der Waals surface area contributed by atoms with E-state index in [1.165, 1.54) is 11.3 Å². The van der Waals surface area contributed by atoms with Crippen LogP contribution >= 0.6 is 15.9 Å². The second-order valence-electron chi connectivity index (χ2n) is 3.68. The summed E-state index contributed by atoms with van der Waals surface area (Å²) in [4.78, 5) is 2.38. The Balaban J connectivity index is 2.30. The number of aryl methyl sites for hydroxylation is 1. The summed E-state index contributed by atoms with van der Waals surface area (Å²) >= 11 is 3.49. The number of benzene rings is 1. The molecule has 3 heteroatoms. The van der Waals surface area contributed by atoms with Gasteiger partial charge in [-0.1, -0.05) is 28.9 Å². The highest BCUT2D eigenvalue weighted by Crippen LogP contribution is 2.32. The van der Waals surface area contributed by atoms with Crippen molar-refractivity contribution in [2.45, 2.75) is 13.3 Å². The SMILES string of the molecule is CCc1ccc2c(c1)N(CCBr)CCO2. The van der Waals surface area contributed by atoms with Crippen molar-refractivity contribution >= 4 is 21.6 Å². The Morgan fingerprint density at radius 1 is 1.47 bits per heavy atom. The molecule has 0 unspecified atom stereocenters. The molecule has 0 N–H and O–H groups in total. The fourth-order valence-corrected chi connectivity index (χ4v) is 2.30. The van der Waals surface area contributed by atoms with Gasteiger partial charge in [-0.3, -0.25) is 0 Å². The average molecular weight is 270 g/mol. The van der Waals surface area contributed by atoms with Crippen LogP contribution in [0.3, 0.4) is 0 Å². The number of hydrogen-bond acceptors (Lipinski definition) is 2. The number of anilines is 1. The molecule has 2 nitrogen and oxygen atoms in total.